The van der Waals surface area contributed by atoms with Gasteiger partial charge in [-0.1, -0.05) is 24.3 Å². The number of aromatic nitrogens is 4. The Morgan fingerprint density at radius 2 is 1.96 bits per heavy atom. The van der Waals surface area contributed by atoms with Crippen molar-refractivity contribution in [1.82, 2.24) is 25.9 Å². The molecule has 2 rings (SSSR count). The lowest BCUT2D eigenvalue weighted by molar-refractivity contribution is 0.0123. The predicted molar refractivity (Wildman–Crippen MR) is 89.4 cm³/mol. The molecule has 1 aromatic heterocycles. The number of benzene rings is 1. The second kappa shape index (κ2) is 8.04. The van der Waals surface area contributed by atoms with E-state index in [-0.39, 0.29) is 13.0 Å². The van der Waals surface area contributed by atoms with E-state index in [1.54, 1.807) is 45.0 Å². The summed E-state index contributed by atoms with van der Waals surface area (Å²) >= 11 is 0. The van der Waals surface area contributed by atoms with Gasteiger partial charge in [-0.15, -0.1) is 10.2 Å². The number of amides is 1. The Balaban J connectivity index is 1.83. The normalized spacial score (nSPS) is 14.0. The van der Waals surface area contributed by atoms with E-state index in [9.17, 15) is 15.0 Å². The van der Waals surface area contributed by atoms with Gasteiger partial charge in [0.25, 0.3) is 0 Å². The molecule has 0 radical (unpaired) electrons. The van der Waals surface area contributed by atoms with E-state index in [1.807, 2.05) is 0 Å². The quantitative estimate of drug-likeness (QED) is 0.615. The summed E-state index contributed by atoms with van der Waals surface area (Å²) in [6, 6.07) is 6.83. The number of alkyl carbamates (subject to hydrolysis) is 1. The first-order chi connectivity index (χ1) is 11.8. The molecule has 2 unspecified atom stereocenters. The van der Waals surface area contributed by atoms with Crippen LogP contribution in [0.15, 0.2) is 24.3 Å². The predicted octanol–water partition coefficient (Wildman–Crippen LogP) is 1.18. The van der Waals surface area contributed by atoms with E-state index in [0.29, 0.717) is 11.4 Å². The molecule has 2 atom stereocenters. The standard InChI is InChI=1S/C16H23N5O4/c1-16(2,3)25-15(24)17-9-8-12(22)13(23)10-4-6-11(7-5-10)14-18-20-21-19-14/h4-7,12-13,22-23H,8-9H2,1-3H3,(H,17,24)(H,18,19,20,21). The SMILES string of the molecule is CC(C)(C)OC(=O)NCCC(O)C(O)c1ccc(-c2nn[nH]n2)cc1. The summed E-state index contributed by atoms with van der Waals surface area (Å²) in [5.74, 6) is 0.447. The molecule has 25 heavy (non-hydrogen) atoms. The van der Waals surface area contributed by atoms with Crippen LogP contribution in [0, 0.1) is 0 Å². The van der Waals surface area contributed by atoms with E-state index in [4.69, 9.17) is 4.74 Å². The van der Waals surface area contributed by atoms with Crippen molar-refractivity contribution in [3.63, 3.8) is 0 Å². The van der Waals surface area contributed by atoms with Gasteiger partial charge in [0.2, 0.25) is 5.82 Å². The smallest absolute Gasteiger partial charge is 0.407 e. The van der Waals surface area contributed by atoms with E-state index < -0.39 is 23.9 Å². The molecule has 0 saturated heterocycles. The fourth-order valence-electron chi connectivity index (χ4n) is 2.13. The van der Waals surface area contributed by atoms with E-state index in [1.165, 1.54) is 0 Å². The molecule has 0 bridgehead atoms. The van der Waals surface area contributed by atoms with Crippen LogP contribution in [0.2, 0.25) is 0 Å². The number of H-pyrrole nitrogens is 1. The monoisotopic (exact) mass is 349 g/mol. The first kappa shape index (κ1) is 18.8. The van der Waals surface area contributed by atoms with Crippen molar-refractivity contribution in [2.24, 2.45) is 0 Å². The number of nitrogens with zero attached hydrogens (tertiary/aromatic N) is 3. The summed E-state index contributed by atoms with van der Waals surface area (Å²) in [6.45, 7) is 5.49. The lowest BCUT2D eigenvalue weighted by Gasteiger charge is -2.21. The Morgan fingerprint density at radius 3 is 2.52 bits per heavy atom. The molecule has 2 aromatic rings. The highest BCUT2D eigenvalue weighted by Crippen LogP contribution is 2.22. The Kier molecular flexibility index (Phi) is 6.05. The summed E-state index contributed by atoms with van der Waals surface area (Å²) in [4.78, 5) is 11.5. The van der Waals surface area contributed by atoms with Crippen LogP contribution in [0.3, 0.4) is 0 Å². The Bertz CT molecular complexity index is 667. The first-order valence-electron chi connectivity index (χ1n) is 7.93. The highest BCUT2D eigenvalue weighted by Gasteiger charge is 2.20. The van der Waals surface area contributed by atoms with Crippen molar-refractivity contribution in [3.05, 3.63) is 29.8 Å². The zero-order chi connectivity index (χ0) is 18.4. The number of hydrogen-bond acceptors (Lipinski definition) is 7. The largest absolute Gasteiger partial charge is 0.444 e. The summed E-state index contributed by atoms with van der Waals surface area (Å²) in [7, 11) is 0. The molecule has 0 spiro atoms. The van der Waals surface area contributed by atoms with Crippen LogP contribution >= 0.6 is 0 Å². The number of aliphatic hydroxyl groups excluding tert-OH is 2. The van der Waals surface area contributed by atoms with Gasteiger partial charge >= 0.3 is 6.09 Å². The van der Waals surface area contributed by atoms with Crippen molar-refractivity contribution in [2.45, 2.75) is 45.0 Å². The fourth-order valence-corrected chi connectivity index (χ4v) is 2.13. The molecular formula is C16H23N5O4. The number of aromatic amines is 1. The van der Waals surface area contributed by atoms with Crippen LogP contribution in [0.5, 0.6) is 0 Å². The van der Waals surface area contributed by atoms with Gasteiger partial charge in [-0.2, -0.15) is 5.21 Å². The zero-order valence-electron chi connectivity index (χ0n) is 14.4. The lowest BCUT2D eigenvalue weighted by atomic mass is 10.0. The summed E-state index contributed by atoms with van der Waals surface area (Å²) in [6.07, 6.45) is -2.46. The van der Waals surface area contributed by atoms with Crippen LogP contribution < -0.4 is 5.32 Å². The molecule has 9 heteroatoms. The molecule has 0 aliphatic heterocycles. The van der Waals surface area contributed by atoms with Crippen molar-refractivity contribution in [2.75, 3.05) is 6.54 Å². The van der Waals surface area contributed by atoms with Crippen molar-refractivity contribution in [3.8, 4) is 11.4 Å². The Labute approximate surface area is 145 Å². The second-order valence-electron chi connectivity index (χ2n) is 6.59. The van der Waals surface area contributed by atoms with Crippen LogP contribution in [0.25, 0.3) is 11.4 Å². The molecule has 4 N–H and O–H groups in total. The molecule has 0 aliphatic carbocycles. The maximum Gasteiger partial charge on any atom is 0.407 e. The zero-order valence-corrected chi connectivity index (χ0v) is 14.4. The fraction of sp³-hybridized carbons (Fsp3) is 0.500. The third kappa shape index (κ3) is 5.80. The molecule has 0 aliphatic rings. The highest BCUT2D eigenvalue weighted by molar-refractivity contribution is 5.67. The Morgan fingerprint density at radius 1 is 1.28 bits per heavy atom. The summed E-state index contributed by atoms with van der Waals surface area (Å²) in [5, 5.41) is 36.4. The average molecular weight is 349 g/mol. The van der Waals surface area contributed by atoms with Gasteiger partial charge in [0.05, 0.1) is 6.10 Å². The first-order valence-corrected chi connectivity index (χ1v) is 7.93. The van der Waals surface area contributed by atoms with Crippen molar-refractivity contribution in [1.29, 1.82) is 0 Å². The van der Waals surface area contributed by atoms with Crippen LogP contribution in [0.4, 0.5) is 4.79 Å². The van der Waals surface area contributed by atoms with Gasteiger partial charge < -0.3 is 20.3 Å². The lowest BCUT2D eigenvalue weighted by Crippen LogP contribution is -2.34. The van der Waals surface area contributed by atoms with Crippen LogP contribution in [-0.2, 0) is 4.74 Å². The molecule has 9 nitrogen and oxygen atoms in total. The number of rotatable bonds is 6. The molecule has 0 fully saturated rings. The minimum absolute atomic E-state index is 0.188. The summed E-state index contributed by atoms with van der Waals surface area (Å²) < 4.78 is 5.10. The van der Waals surface area contributed by atoms with Gasteiger partial charge in [0.15, 0.2) is 0 Å². The topological polar surface area (TPSA) is 133 Å². The number of carbonyl (C=O) groups excluding carboxylic acids is 1. The van der Waals surface area contributed by atoms with Crippen LogP contribution in [0.1, 0.15) is 38.9 Å². The maximum absolute atomic E-state index is 11.5. The van der Waals surface area contributed by atoms with Gasteiger partial charge in [0.1, 0.15) is 11.7 Å². The number of carbonyl (C=O) groups is 1. The average Bonchev–Trinajstić information content (AvgIpc) is 3.07. The third-order valence-corrected chi connectivity index (χ3v) is 3.33. The second-order valence-corrected chi connectivity index (χ2v) is 6.59. The molecule has 1 heterocycles. The van der Waals surface area contributed by atoms with Crippen molar-refractivity contribution >= 4 is 6.09 Å². The van der Waals surface area contributed by atoms with Crippen molar-refractivity contribution < 1.29 is 19.7 Å². The van der Waals surface area contributed by atoms with Crippen LogP contribution in [-0.4, -0.2) is 55.2 Å². The number of nitrogens with one attached hydrogen (secondary N) is 2. The van der Waals surface area contributed by atoms with Gasteiger partial charge in [-0.25, -0.2) is 4.79 Å². The van der Waals surface area contributed by atoms with Gasteiger partial charge in [0, 0.05) is 12.1 Å². The van der Waals surface area contributed by atoms with Gasteiger partial charge in [-0.05, 0) is 38.0 Å². The minimum atomic E-state index is -1.07. The summed E-state index contributed by atoms with van der Waals surface area (Å²) in [5.41, 5.74) is 0.714. The number of tetrazole rings is 1. The molecule has 1 amide bonds. The molecule has 0 saturated carbocycles. The number of ether oxygens (including phenoxy) is 1. The maximum atomic E-state index is 11.5. The minimum Gasteiger partial charge on any atom is -0.444 e. The molecule has 1 aromatic carbocycles. The molecule has 136 valence electrons. The molecular weight excluding hydrogens is 326 g/mol. The van der Waals surface area contributed by atoms with E-state index >= 15 is 0 Å². The van der Waals surface area contributed by atoms with Gasteiger partial charge in [-0.3, -0.25) is 0 Å². The Hall–Kier alpha value is -2.52. The number of aliphatic hydroxyl groups is 2. The number of hydrogen-bond donors (Lipinski definition) is 4. The highest BCUT2D eigenvalue weighted by atomic mass is 16.6. The van der Waals surface area contributed by atoms with E-state index in [0.717, 1.165) is 5.56 Å². The van der Waals surface area contributed by atoms with E-state index in [2.05, 4.69) is 25.9 Å². The third-order valence-electron chi connectivity index (χ3n) is 3.33.